The van der Waals surface area contributed by atoms with Crippen molar-refractivity contribution in [3.63, 3.8) is 0 Å². The molecule has 1 fully saturated rings. The maximum absolute atomic E-state index is 12.7. The average molecular weight is 372 g/mol. The summed E-state index contributed by atoms with van der Waals surface area (Å²) >= 11 is 0. The number of ether oxygens (including phenoxy) is 1. The van der Waals surface area contributed by atoms with Crippen LogP contribution in [0.1, 0.15) is 44.6 Å². The zero-order valence-electron chi connectivity index (χ0n) is 15.3. The lowest BCUT2D eigenvalue weighted by atomic mass is 9.85. The summed E-state index contributed by atoms with van der Waals surface area (Å²) in [5.74, 6) is 0.0151. The second kappa shape index (κ2) is 9.64. The van der Waals surface area contributed by atoms with Crippen LogP contribution in [0.25, 0.3) is 0 Å². The number of pyridine rings is 1. The molecule has 0 saturated heterocycles. The first kappa shape index (κ1) is 20.3. The number of nitrogens with zero attached hydrogens (tertiary/aromatic N) is 2. The summed E-state index contributed by atoms with van der Waals surface area (Å²) in [7, 11) is 1.65. The fourth-order valence-corrected chi connectivity index (χ4v) is 2.95. The van der Waals surface area contributed by atoms with Gasteiger partial charge in [0.25, 0.3) is 0 Å². The van der Waals surface area contributed by atoms with E-state index in [1.165, 1.54) is 0 Å². The quantitative estimate of drug-likeness (QED) is 0.591. The number of rotatable bonds is 6. The number of halogens is 3. The molecule has 0 unspecified atom stereocenters. The smallest absolute Gasteiger partial charge is 0.391 e. The van der Waals surface area contributed by atoms with E-state index in [0.717, 1.165) is 12.0 Å². The maximum Gasteiger partial charge on any atom is 0.391 e. The predicted octanol–water partition coefficient (Wildman–Crippen LogP) is 3.66. The first-order valence-electron chi connectivity index (χ1n) is 9.04. The van der Waals surface area contributed by atoms with Crippen molar-refractivity contribution >= 4 is 5.96 Å². The van der Waals surface area contributed by atoms with Crippen LogP contribution in [0, 0.1) is 5.92 Å². The van der Waals surface area contributed by atoms with E-state index in [1.54, 1.807) is 13.2 Å². The van der Waals surface area contributed by atoms with Crippen molar-refractivity contribution in [3.8, 4) is 5.88 Å². The van der Waals surface area contributed by atoms with Crippen LogP contribution in [0.15, 0.2) is 23.3 Å². The van der Waals surface area contributed by atoms with Crippen molar-refractivity contribution in [2.45, 2.75) is 57.8 Å². The number of alkyl halides is 3. The molecule has 0 spiro atoms. The summed E-state index contributed by atoms with van der Waals surface area (Å²) in [6.07, 6.45) is -0.0863. The molecule has 0 aromatic carbocycles. The molecule has 1 saturated carbocycles. The highest BCUT2D eigenvalue weighted by Crippen LogP contribution is 2.37. The molecule has 2 rings (SSSR count). The Kier molecular flexibility index (Phi) is 7.53. The molecule has 8 heteroatoms. The standard InChI is InChI=1S/C18H27F3N4O/c1-3-10-26-16-9-4-13(11-23-16)12-24-17(22-2)25-15-7-5-14(6-8-15)18(19,20)21/h4,9,11,14-15H,3,5-8,10,12H2,1-2H3,(H2,22,24,25). The van der Waals surface area contributed by atoms with Gasteiger partial charge in [0.1, 0.15) is 0 Å². The van der Waals surface area contributed by atoms with Gasteiger partial charge in [-0.2, -0.15) is 13.2 Å². The van der Waals surface area contributed by atoms with Crippen molar-refractivity contribution in [1.29, 1.82) is 0 Å². The molecule has 146 valence electrons. The summed E-state index contributed by atoms with van der Waals surface area (Å²) in [4.78, 5) is 8.39. The maximum atomic E-state index is 12.7. The minimum Gasteiger partial charge on any atom is -0.478 e. The molecule has 1 aromatic rings. The number of aromatic nitrogens is 1. The summed E-state index contributed by atoms with van der Waals surface area (Å²) in [5.41, 5.74) is 0.970. The first-order chi connectivity index (χ1) is 12.4. The van der Waals surface area contributed by atoms with Crippen molar-refractivity contribution in [1.82, 2.24) is 15.6 Å². The van der Waals surface area contributed by atoms with Crippen LogP contribution in [0.4, 0.5) is 13.2 Å². The molecule has 0 radical (unpaired) electrons. The highest BCUT2D eigenvalue weighted by molar-refractivity contribution is 5.79. The number of guanidine groups is 1. The van der Waals surface area contributed by atoms with E-state index in [0.29, 0.717) is 37.8 Å². The lowest BCUT2D eigenvalue weighted by molar-refractivity contribution is -0.182. The van der Waals surface area contributed by atoms with Gasteiger partial charge in [0.05, 0.1) is 12.5 Å². The fraction of sp³-hybridized carbons (Fsp3) is 0.667. The van der Waals surface area contributed by atoms with Gasteiger partial charge in [0.2, 0.25) is 5.88 Å². The molecule has 26 heavy (non-hydrogen) atoms. The third-order valence-corrected chi connectivity index (χ3v) is 4.47. The van der Waals surface area contributed by atoms with E-state index < -0.39 is 12.1 Å². The molecule has 0 amide bonds. The van der Waals surface area contributed by atoms with Crippen LogP contribution in [0.3, 0.4) is 0 Å². The summed E-state index contributed by atoms with van der Waals surface area (Å²) in [5, 5.41) is 6.39. The fourth-order valence-electron chi connectivity index (χ4n) is 2.95. The van der Waals surface area contributed by atoms with E-state index in [4.69, 9.17) is 4.74 Å². The largest absolute Gasteiger partial charge is 0.478 e. The zero-order chi connectivity index (χ0) is 19.0. The molecule has 1 heterocycles. The Morgan fingerprint density at radius 1 is 1.27 bits per heavy atom. The average Bonchev–Trinajstić information content (AvgIpc) is 2.64. The van der Waals surface area contributed by atoms with E-state index in [2.05, 4.69) is 20.6 Å². The van der Waals surface area contributed by atoms with Gasteiger partial charge in [-0.3, -0.25) is 4.99 Å². The van der Waals surface area contributed by atoms with Crippen LogP contribution in [-0.4, -0.2) is 36.8 Å². The summed E-state index contributed by atoms with van der Waals surface area (Å²) in [6, 6.07) is 3.76. The van der Waals surface area contributed by atoms with Gasteiger partial charge in [-0.05, 0) is 37.7 Å². The van der Waals surface area contributed by atoms with Crippen molar-refractivity contribution < 1.29 is 17.9 Å². The lowest BCUT2D eigenvalue weighted by Gasteiger charge is -2.31. The Hall–Kier alpha value is -1.99. The van der Waals surface area contributed by atoms with Crippen molar-refractivity contribution in [3.05, 3.63) is 23.9 Å². The number of hydrogen-bond donors (Lipinski definition) is 2. The Labute approximate surface area is 152 Å². The predicted molar refractivity (Wildman–Crippen MR) is 95.2 cm³/mol. The number of aliphatic imine (C=N–C) groups is 1. The Morgan fingerprint density at radius 3 is 2.54 bits per heavy atom. The van der Waals surface area contributed by atoms with Gasteiger partial charge < -0.3 is 15.4 Å². The molecule has 1 aromatic heterocycles. The monoisotopic (exact) mass is 372 g/mol. The number of nitrogens with one attached hydrogen (secondary N) is 2. The SMILES string of the molecule is CCCOc1ccc(CNC(=NC)NC2CCC(C(F)(F)F)CC2)cn1. The van der Waals surface area contributed by atoms with Gasteiger partial charge in [0.15, 0.2) is 5.96 Å². The molecule has 0 atom stereocenters. The van der Waals surface area contributed by atoms with E-state index >= 15 is 0 Å². The highest BCUT2D eigenvalue weighted by atomic mass is 19.4. The lowest BCUT2D eigenvalue weighted by Crippen LogP contribution is -2.45. The number of hydrogen-bond acceptors (Lipinski definition) is 3. The highest BCUT2D eigenvalue weighted by Gasteiger charge is 2.41. The van der Waals surface area contributed by atoms with Crippen molar-refractivity contribution in [2.24, 2.45) is 10.9 Å². The normalized spacial score (nSPS) is 21.3. The third kappa shape index (κ3) is 6.38. The Balaban J connectivity index is 1.76. The molecule has 1 aliphatic carbocycles. The van der Waals surface area contributed by atoms with E-state index in [9.17, 15) is 13.2 Å². The Bertz CT molecular complexity index is 567. The van der Waals surface area contributed by atoms with Gasteiger partial charge in [-0.15, -0.1) is 0 Å². The van der Waals surface area contributed by atoms with Crippen molar-refractivity contribution in [2.75, 3.05) is 13.7 Å². The summed E-state index contributed by atoms with van der Waals surface area (Å²) in [6.45, 7) is 3.20. The molecule has 1 aliphatic rings. The van der Waals surface area contributed by atoms with E-state index in [1.807, 2.05) is 19.1 Å². The van der Waals surface area contributed by atoms with Crippen LogP contribution in [0.2, 0.25) is 0 Å². The Morgan fingerprint density at radius 2 is 2.00 bits per heavy atom. The minimum atomic E-state index is -4.08. The molecular weight excluding hydrogens is 345 g/mol. The topological polar surface area (TPSA) is 58.5 Å². The third-order valence-electron chi connectivity index (χ3n) is 4.47. The zero-order valence-corrected chi connectivity index (χ0v) is 15.3. The molecule has 2 N–H and O–H groups in total. The second-order valence-electron chi connectivity index (χ2n) is 6.51. The van der Waals surface area contributed by atoms with Gasteiger partial charge in [-0.1, -0.05) is 13.0 Å². The second-order valence-corrected chi connectivity index (χ2v) is 6.51. The van der Waals surface area contributed by atoms with E-state index in [-0.39, 0.29) is 18.9 Å². The molecule has 0 aliphatic heterocycles. The summed E-state index contributed by atoms with van der Waals surface area (Å²) < 4.78 is 43.6. The van der Waals surface area contributed by atoms with Gasteiger partial charge in [0, 0.05) is 31.9 Å². The van der Waals surface area contributed by atoms with Crippen LogP contribution in [0.5, 0.6) is 5.88 Å². The van der Waals surface area contributed by atoms with Gasteiger partial charge >= 0.3 is 6.18 Å². The molecule has 5 nitrogen and oxygen atoms in total. The van der Waals surface area contributed by atoms with Crippen LogP contribution < -0.4 is 15.4 Å². The first-order valence-corrected chi connectivity index (χ1v) is 9.04. The van der Waals surface area contributed by atoms with Gasteiger partial charge in [-0.25, -0.2) is 4.98 Å². The van der Waals surface area contributed by atoms with Crippen LogP contribution >= 0.6 is 0 Å². The molecular formula is C18H27F3N4O. The molecule has 0 bridgehead atoms. The van der Waals surface area contributed by atoms with Crippen LogP contribution in [-0.2, 0) is 6.54 Å². The minimum absolute atomic E-state index is 0.0164.